The summed E-state index contributed by atoms with van der Waals surface area (Å²) in [5, 5.41) is 18.1. The zero-order valence-electron chi connectivity index (χ0n) is 17.7. The molecule has 156 valence electrons. The Bertz CT molecular complexity index is 737. The number of aromatic nitrogens is 1. The molecule has 1 aliphatic carbocycles. The van der Waals surface area contributed by atoms with E-state index in [2.05, 4.69) is 17.4 Å². The predicted molar refractivity (Wildman–Crippen MR) is 105 cm³/mol. The Morgan fingerprint density at radius 1 is 1.32 bits per heavy atom. The van der Waals surface area contributed by atoms with E-state index in [1.54, 1.807) is 0 Å². The lowest BCUT2D eigenvalue weighted by molar-refractivity contribution is -0.137. The van der Waals surface area contributed by atoms with Gasteiger partial charge < -0.3 is 19.8 Å². The Kier molecular flexibility index (Phi) is 5.58. The lowest BCUT2D eigenvalue weighted by atomic mass is 9.67. The van der Waals surface area contributed by atoms with Crippen molar-refractivity contribution < 1.29 is 19.2 Å². The van der Waals surface area contributed by atoms with Crippen molar-refractivity contribution in [3.8, 4) is 0 Å². The van der Waals surface area contributed by atoms with E-state index < -0.39 is 11.0 Å². The van der Waals surface area contributed by atoms with Crippen LogP contribution in [0.25, 0.3) is 0 Å². The number of carbonyl (C=O) groups excluding carboxylic acids is 2. The third kappa shape index (κ3) is 3.56. The van der Waals surface area contributed by atoms with Gasteiger partial charge >= 0.3 is 0 Å². The van der Waals surface area contributed by atoms with Crippen molar-refractivity contribution in [1.29, 1.82) is 0 Å². The van der Waals surface area contributed by atoms with Crippen molar-refractivity contribution >= 4 is 11.8 Å². The van der Waals surface area contributed by atoms with Gasteiger partial charge in [-0.1, -0.05) is 24.9 Å². The molecule has 3 rings (SSSR count). The monoisotopic (exact) mass is 391 g/mol. The first-order chi connectivity index (χ1) is 13.1. The first kappa shape index (κ1) is 20.8. The van der Waals surface area contributed by atoms with Crippen LogP contribution in [0.1, 0.15) is 69.9 Å². The molecule has 2 heterocycles. The normalized spacial score (nSPS) is 32.7. The molecule has 1 saturated carbocycles. The van der Waals surface area contributed by atoms with Crippen LogP contribution in [0.3, 0.4) is 0 Å². The van der Waals surface area contributed by atoms with E-state index in [1.165, 1.54) is 6.92 Å². The minimum Gasteiger partial charge on any atom is -0.390 e. The van der Waals surface area contributed by atoms with Gasteiger partial charge in [-0.3, -0.25) is 9.59 Å². The van der Waals surface area contributed by atoms with Crippen molar-refractivity contribution in [3.63, 3.8) is 0 Å². The van der Waals surface area contributed by atoms with Crippen LogP contribution in [-0.4, -0.2) is 51.2 Å². The van der Waals surface area contributed by atoms with Crippen LogP contribution in [0, 0.1) is 19.3 Å². The molecule has 7 nitrogen and oxygen atoms in total. The van der Waals surface area contributed by atoms with E-state index >= 15 is 0 Å². The summed E-state index contributed by atoms with van der Waals surface area (Å²) >= 11 is 0. The van der Waals surface area contributed by atoms with Gasteiger partial charge in [-0.05, 0) is 40.0 Å². The minimum absolute atomic E-state index is 0.0103. The fraction of sp³-hybridized carbons (Fsp3) is 0.762. The van der Waals surface area contributed by atoms with Crippen LogP contribution < -0.4 is 5.32 Å². The number of nitrogens with one attached hydrogen (secondary N) is 1. The van der Waals surface area contributed by atoms with Gasteiger partial charge in [-0.25, -0.2) is 0 Å². The first-order valence-corrected chi connectivity index (χ1v) is 10.3. The molecule has 0 unspecified atom stereocenters. The standard InChI is InChI=1S/C21H33N3O4/c1-13-17(14(2)28-23-13)10-19(26)24-16(12-22-15(3)25)11-20(4)18(24)8-6-7-9-21(20,5)27/h16,18,27H,6-12H2,1-5H3,(H,22,25)/t16-,18-,20-,21+/m1/s1. The number of aliphatic hydroxyl groups is 1. The highest BCUT2D eigenvalue weighted by atomic mass is 16.5. The molecular weight excluding hydrogens is 358 g/mol. The molecule has 2 amide bonds. The van der Waals surface area contributed by atoms with E-state index in [1.807, 2.05) is 25.7 Å². The smallest absolute Gasteiger partial charge is 0.227 e. The summed E-state index contributed by atoms with van der Waals surface area (Å²) in [7, 11) is 0. The first-order valence-electron chi connectivity index (χ1n) is 10.3. The van der Waals surface area contributed by atoms with Crippen molar-refractivity contribution in [2.75, 3.05) is 6.54 Å². The molecule has 28 heavy (non-hydrogen) atoms. The Labute approximate surface area is 166 Å². The number of amides is 2. The molecule has 0 spiro atoms. The number of aryl methyl sites for hydroxylation is 2. The fourth-order valence-corrected chi connectivity index (χ4v) is 5.22. The van der Waals surface area contributed by atoms with E-state index in [9.17, 15) is 14.7 Å². The summed E-state index contributed by atoms with van der Waals surface area (Å²) in [5.41, 5.74) is 0.318. The lowest BCUT2D eigenvalue weighted by Gasteiger charge is -2.43. The molecule has 2 fully saturated rings. The van der Waals surface area contributed by atoms with Crippen LogP contribution in [0.15, 0.2) is 4.52 Å². The third-order valence-corrected chi connectivity index (χ3v) is 7.13. The highest BCUT2D eigenvalue weighted by molar-refractivity contribution is 5.80. The van der Waals surface area contributed by atoms with Crippen LogP contribution in [0.4, 0.5) is 0 Å². The SMILES string of the molecule is CC(=O)NC[C@H]1C[C@]2(C)[C@@H](CCCC[C@]2(C)O)N1C(=O)Cc1c(C)noc1C. The lowest BCUT2D eigenvalue weighted by Crippen LogP contribution is -2.52. The summed E-state index contributed by atoms with van der Waals surface area (Å²) in [6.45, 7) is 9.57. The minimum atomic E-state index is -0.847. The molecule has 0 aromatic carbocycles. The Balaban J connectivity index is 1.93. The van der Waals surface area contributed by atoms with Crippen molar-refractivity contribution in [2.24, 2.45) is 5.41 Å². The second kappa shape index (κ2) is 7.50. The Morgan fingerprint density at radius 2 is 2.04 bits per heavy atom. The zero-order chi connectivity index (χ0) is 20.7. The predicted octanol–water partition coefficient (Wildman–Crippen LogP) is 2.27. The van der Waals surface area contributed by atoms with Crippen LogP contribution in [0.5, 0.6) is 0 Å². The second-order valence-electron chi connectivity index (χ2n) is 9.03. The van der Waals surface area contributed by atoms with Crippen molar-refractivity contribution in [2.45, 2.75) is 90.8 Å². The second-order valence-corrected chi connectivity index (χ2v) is 9.03. The van der Waals surface area contributed by atoms with Gasteiger partial charge in [0, 0.05) is 30.5 Å². The van der Waals surface area contributed by atoms with Gasteiger partial charge in [-0.15, -0.1) is 0 Å². The summed E-state index contributed by atoms with van der Waals surface area (Å²) in [6.07, 6.45) is 4.46. The van der Waals surface area contributed by atoms with E-state index in [4.69, 9.17) is 4.52 Å². The number of fused-ring (bicyclic) bond motifs is 1. The highest BCUT2D eigenvalue weighted by Gasteiger charge is 2.59. The van der Waals surface area contributed by atoms with Crippen LogP contribution in [0.2, 0.25) is 0 Å². The molecule has 1 saturated heterocycles. The van der Waals surface area contributed by atoms with Gasteiger partial charge in [0.15, 0.2) is 0 Å². The Hall–Kier alpha value is -1.89. The van der Waals surface area contributed by atoms with Crippen LogP contribution in [-0.2, 0) is 16.0 Å². The van der Waals surface area contributed by atoms with Crippen molar-refractivity contribution in [1.82, 2.24) is 15.4 Å². The fourth-order valence-electron chi connectivity index (χ4n) is 5.22. The van der Waals surface area contributed by atoms with Gasteiger partial charge in [0.1, 0.15) is 5.76 Å². The molecule has 1 aromatic rings. The van der Waals surface area contributed by atoms with Gasteiger partial charge in [0.2, 0.25) is 11.8 Å². The van der Waals surface area contributed by atoms with E-state index in [-0.39, 0.29) is 30.3 Å². The molecule has 0 radical (unpaired) electrons. The maximum Gasteiger partial charge on any atom is 0.227 e. The van der Waals surface area contributed by atoms with E-state index in [0.717, 1.165) is 36.9 Å². The maximum atomic E-state index is 13.5. The summed E-state index contributed by atoms with van der Waals surface area (Å²) in [6, 6.07) is -0.173. The largest absolute Gasteiger partial charge is 0.390 e. The highest BCUT2D eigenvalue weighted by Crippen LogP contribution is 2.53. The third-order valence-electron chi connectivity index (χ3n) is 7.13. The maximum absolute atomic E-state index is 13.5. The average Bonchev–Trinajstić information content (AvgIpc) is 3.05. The number of nitrogens with zero attached hydrogens (tertiary/aromatic N) is 2. The molecular formula is C21H33N3O4. The molecule has 7 heteroatoms. The van der Waals surface area contributed by atoms with Gasteiger partial charge in [-0.2, -0.15) is 0 Å². The number of likely N-dealkylation sites (tertiary alicyclic amines) is 1. The Morgan fingerprint density at radius 3 is 2.64 bits per heavy atom. The topological polar surface area (TPSA) is 95.7 Å². The van der Waals surface area contributed by atoms with E-state index in [0.29, 0.717) is 18.7 Å². The summed E-state index contributed by atoms with van der Waals surface area (Å²) in [4.78, 5) is 26.9. The van der Waals surface area contributed by atoms with Crippen LogP contribution >= 0.6 is 0 Å². The zero-order valence-corrected chi connectivity index (χ0v) is 17.7. The summed E-state index contributed by atoms with van der Waals surface area (Å²) in [5.74, 6) is 0.567. The number of hydrogen-bond donors (Lipinski definition) is 2. The number of rotatable bonds is 4. The number of carbonyl (C=O) groups is 2. The molecule has 1 aromatic heterocycles. The molecule has 2 aliphatic rings. The average molecular weight is 392 g/mol. The quantitative estimate of drug-likeness (QED) is 0.821. The molecule has 4 atom stereocenters. The van der Waals surface area contributed by atoms with Gasteiger partial charge in [0.25, 0.3) is 0 Å². The van der Waals surface area contributed by atoms with Gasteiger partial charge in [0.05, 0.1) is 23.8 Å². The molecule has 2 N–H and O–H groups in total. The molecule has 1 aliphatic heterocycles. The van der Waals surface area contributed by atoms with Crippen molar-refractivity contribution in [3.05, 3.63) is 17.0 Å². The molecule has 0 bridgehead atoms. The number of hydrogen-bond acceptors (Lipinski definition) is 5. The summed E-state index contributed by atoms with van der Waals surface area (Å²) < 4.78 is 5.23.